The van der Waals surface area contributed by atoms with E-state index in [1.54, 1.807) is 23.0 Å². The summed E-state index contributed by atoms with van der Waals surface area (Å²) in [7, 11) is 1.74. The zero-order valence-electron chi connectivity index (χ0n) is 14.3. The van der Waals surface area contributed by atoms with Crippen LogP contribution in [-0.2, 0) is 9.59 Å². The van der Waals surface area contributed by atoms with Gasteiger partial charge in [-0.15, -0.1) is 0 Å². The highest BCUT2D eigenvalue weighted by Gasteiger charge is 2.38. The van der Waals surface area contributed by atoms with Crippen LogP contribution in [0.25, 0.3) is 0 Å². The lowest BCUT2D eigenvalue weighted by Crippen LogP contribution is -2.33. The van der Waals surface area contributed by atoms with Crippen LogP contribution in [0.2, 0.25) is 0 Å². The summed E-state index contributed by atoms with van der Waals surface area (Å²) < 4.78 is 0. The van der Waals surface area contributed by atoms with E-state index < -0.39 is 0 Å². The van der Waals surface area contributed by atoms with Gasteiger partial charge in [-0.25, -0.2) is 0 Å². The smallest absolute Gasteiger partial charge is 0.243 e. The number of hydrogen-bond donors (Lipinski definition) is 0. The zero-order chi connectivity index (χ0) is 17.5. The molecule has 1 atom stereocenters. The molecule has 5 nitrogen and oxygen atoms in total. The van der Waals surface area contributed by atoms with Crippen molar-refractivity contribution >= 4 is 11.8 Å². The van der Waals surface area contributed by atoms with Gasteiger partial charge in [0.05, 0.1) is 0 Å². The molecule has 3 rings (SSSR count). The Labute approximate surface area is 142 Å². The number of nitrogens with zero attached hydrogens (tertiary/aromatic N) is 3. The van der Waals surface area contributed by atoms with E-state index in [-0.39, 0.29) is 24.5 Å². The molecule has 1 fully saturated rings. The molecule has 1 aromatic carbocycles. The number of aromatic nitrogens is 1. The first kappa shape index (κ1) is 17.7. The Bertz CT molecular complexity index is 674. The maximum Gasteiger partial charge on any atom is 0.243 e. The fraction of sp³-hybridized carbons (Fsp3) is 0.316. The van der Waals surface area contributed by atoms with Crippen molar-refractivity contribution in [1.29, 1.82) is 0 Å². The van der Waals surface area contributed by atoms with E-state index in [0.717, 1.165) is 5.56 Å². The lowest BCUT2D eigenvalue weighted by Gasteiger charge is -2.27. The van der Waals surface area contributed by atoms with Crippen LogP contribution < -0.4 is 0 Å². The predicted octanol–water partition coefficient (Wildman–Crippen LogP) is 2.79. The van der Waals surface area contributed by atoms with E-state index in [4.69, 9.17) is 0 Å². The summed E-state index contributed by atoms with van der Waals surface area (Å²) in [6.45, 7) is 4.02. The van der Waals surface area contributed by atoms with Crippen LogP contribution >= 0.6 is 0 Å². The van der Waals surface area contributed by atoms with Gasteiger partial charge < -0.3 is 9.80 Å². The van der Waals surface area contributed by atoms with Gasteiger partial charge in [0.25, 0.3) is 0 Å². The summed E-state index contributed by atoms with van der Waals surface area (Å²) in [4.78, 5) is 30.7. The van der Waals surface area contributed by atoms with E-state index in [1.807, 2.05) is 62.5 Å². The van der Waals surface area contributed by atoms with Gasteiger partial charge in [-0.3, -0.25) is 14.6 Å². The first-order valence-corrected chi connectivity index (χ1v) is 8.01. The number of likely N-dealkylation sites (N-methyl/N-ethyl adjacent to an activating group) is 1. The zero-order valence-corrected chi connectivity index (χ0v) is 14.3. The third-order valence-corrected chi connectivity index (χ3v) is 3.89. The fourth-order valence-corrected chi connectivity index (χ4v) is 2.59. The van der Waals surface area contributed by atoms with Gasteiger partial charge in [0, 0.05) is 25.9 Å². The highest BCUT2D eigenvalue weighted by atomic mass is 16.2. The topological polar surface area (TPSA) is 53.5 Å². The number of pyridine rings is 1. The van der Waals surface area contributed by atoms with Crippen molar-refractivity contribution in [2.45, 2.75) is 26.4 Å². The van der Waals surface area contributed by atoms with Crippen LogP contribution in [0.5, 0.6) is 0 Å². The Balaban J connectivity index is 0.000000249. The molecule has 2 amide bonds. The second-order valence-corrected chi connectivity index (χ2v) is 5.69. The molecular weight excluding hydrogens is 302 g/mol. The van der Waals surface area contributed by atoms with Crippen molar-refractivity contribution in [3.8, 4) is 0 Å². The molecule has 0 bridgehead atoms. The number of carbonyl (C=O) groups is 2. The first-order chi connectivity index (χ1) is 11.5. The molecule has 1 aliphatic heterocycles. The molecule has 1 unspecified atom stereocenters. The lowest BCUT2D eigenvalue weighted by atomic mass is 10.1. The molecular formula is C19H23N3O2. The summed E-state index contributed by atoms with van der Waals surface area (Å²) in [6, 6.07) is 13.6. The molecule has 0 saturated carbocycles. The molecule has 0 radical (unpaired) electrons. The number of aryl methyl sites for hydroxylation is 1. The van der Waals surface area contributed by atoms with Gasteiger partial charge in [0.15, 0.2) is 0 Å². The molecule has 1 aromatic heterocycles. The number of benzene rings is 1. The second-order valence-electron chi connectivity index (χ2n) is 5.69. The Morgan fingerprint density at radius 3 is 2.42 bits per heavy atom. The predicted molar refractivity (Wildman–Crippen MR) is 92.9 cm³/mol. The van der Waals surface area contributed by atoms with E-state index in [9.17, 15) is 9.59 Å². The average molecular weight is 325 g/mol. The SMILES string of the molecule is CCC(=O)N1CC(=O)N(C)C1c1ccccc1.Cc1cccnc1. The average Bonchev–Trinajstić information content (AvgIpc) is 2.91. The van der Waals surface area contributed by atoms with Crippen LogP contribution in [0.1, 0.15) is 30.6 Å². The third kappa shape index (κ3) is 4.19. The van der Waals surface area contributed by atoms with Crippen molar-refractivity contribution in [2.24, 2.45) is 0 Å². The van der Waals surface area contributed by atoms with Gasteiger partial charge in [-0.1, -0.05) is 43.3 Å². The molecule has 126 valence electrons. The molecule has 0 aliphatic carbocycles. The minimum atomic E-state index is -0.254. The van der Waals surface area contributed by atoms with Crippen LogP contribution in [0.4, 0.5) is 0 Å². The third-order valence-electron chi connectivity index (χ3n) is 3.89. The summed E-state index contributed by atoms with van der Waals surface area (Å²) in [5.41, 5.74) is 2.19. The second kappa shape index (κ2) is 8.24. The van der Waals surface area contributed by atoms with Crippen LogP contribution in [0, 0.1) is 6.92 Å². The Kier molecular flexibility index (Phi) is 6.07. The van der Waals surface area contributed by atoms with E-state index in [2.05, 4.69) is 4.98 Å². The van der Waals surface area contributed by atoms with Crippen molar-refractivity contribution < 1.29 is 9.59 Å². The summed E-state index contributed by atoms with van der Waals surface area (Å²) >= 11 is 0. The largest absolute Gasteiger partial charge is 0.320 e. The van der Waals surface area contributed by atoms with Gasteiger partial charge in [0.2, 0.25) is 11.8 Å². The van der Waals surface area contributed by atoms with Gasteiger partial charge in [-0.2, -0.15) is 0 Å². The maximum absolute atomic E-state index is 11.8. The monoisotopic (exact) mass is 325 g/mol. The summed E-state index contributed by atoms with van der Waals surface area (Å²) in [5, 5.41) is 0. The lowest BCUT2D eigenvalue weighted by molar-refractivity contribution is -0.133. The van der Waals surface area contributed by atoms with E-state index >= 15 is 0 Å². The Hall–Kier alpha value is -2.69. The molecule has 0 N–H and O–H groups in total. The quantitative estimate of drug-likeness (QED) is 0.853. The van der Waals surface area contributed by atoms with Gasteiger partial charge >= 0.3 is 0 Å². The van der Waals surface area contributed by atoms with Gasteiger partial charge in [0.1, 0.15) is 12.7 Å². The number of amides is 2. The highest BCUT2D eigenvalue weighted by molar-refractivity contribution is 5.88. The minimum absolute atomic E-state index is 0.0107. The maximum atomic E-state index is 11.8. The van der Waals surface area contributed by atoms with Crippen molar-refractivity contribution in [2.75, 3.05) is 13.6 Å². The van der Waals surface area contributed by atoms with Crippen molar-refractivity contribution in [3.05, 3.63) is 66.0 Å². The van der Waals surface area contributed by atoms with E-state index in [1.165, 1.54) is 5.56 Å². The van der Waals surface area contributed by atoms with Crippen LogP contribution in [0.3, 0.4) is 0 Å². The molecule has 24 heavy (non-hydrogen) atoms. The Morgan fingerprint density at radius 2 is 1.92 bits per heavy atom. The fourth-order valence-electron chi connectivity index (χ4n) is 2.59. The number of rotatable bonds is 2. The number of hydrogen-bond acceptors (Lipinski definition) is 3. The highest BCUT2D eigenvalue weighted by Crippen LogP contribution is 2.29. The Morgan fingerprint density at radius 1 is 1.21 bits per heavy atom. The van der Waals surface area contributed by atoms with Crippen LogP contribution in [-0.4, -0.2) is 40.2 Å². The summed E-state index contributed by atoms with van der Waals surface area (Å²) in [5.74, 6) is -0.00259. The van der Waals surface area contributed by atoms with Crippen LogP contribution in [0.15, 0.2) is 54.9 Å². The molecule has 2 aromatic rings. The minimum Gasteiger partial charge on any atom is -0.320 e. The van der Waals surface area contributed by atoms with Crippen molar-refractivity contribution in [1.82, 2.24) is 14.8 Å². The standard InChI is InChI=1S/C13H16N2O2.C6H7N/c1-3-11(16)15-9-12(17)14(2)13(15)10-7-5-4-6-8-10;1-6-3-2-4-7-5-6/h4-8,13H,3,9H2,1-2H3;2-5H,1H3. The molecule has 2 heterocycles. The molecule has 1 saturated heterocycles. The number of carbonyl (C=O) groups excluding carboxylic acids is 2. The normalized spacial score (nSPS) is 16.6. The molecule has 5 heteroatoms. The van der Waals surface area contributed by atoms with Gasteiger partial charge in [-0.05, 0) is 24.1 Å². The van der Waals surface area contributed by atoms with Crippen molar-refractivity contribution in [3.63, 3.8) is 0 Å². The first-order valence-electron chi connectivity index (χ1n) is 8.01. The molecule has 1 aliphatic rings. The van der Waals surface area contributed by atoms with E-state index in [0.29, 0.717) is 6.42 Å². The molecule has 0 spiro atoms. The summed E-state index contributed by atoms with van der Waals surface area (Å²) in [6.07, 6.45) is 3.77.